The number of rotatable bonds is 4. The maximum Gasteiger partial charge on any atom is 0.337 e. The fraction of sp³-hybridized carbons (Fsp3) is 0.133. The van der Waals surface area contributed by atoms with Gasteiger partial charge in [-0.1, -0.05) is 37.9 Å². The summed E-state index contributed by atoms with van der Waals surface area (Å²) in [5.74, 6) is 0.390. The Balaban J connectivity index is 2.11. The molecule has 2 aromatic carbocycles. The van der Waals surface area contributed by atoms with E-state index in [9.17, 15) is 4.79 Å². The Morgan fingerprint density at radius 1 is 1.05 bits per heavy atom. The van der Waals surface area contributed by atoms with Gasteiger partial charge in [-0.25, -0.2) is 4.79 Å². The molecule has 0 N–H and O–H groups in total. The third-order valence-electron chi connectivity index (χ3n) is 2.75. The molecule has 0 aliphatic heterocycles. The zero-order valence-electron chi connectivity index (χ0n) is 11.0. The average Bonchev–Trinajstić information content (AvgIpc) is 2.46. The van der Waals surface area contributed by atoms with E-state index in [1.165, 1.54) is 7.11 Å². The normalized spacial score (nSPS) is 10.3. The Labute approximate surface area is 148 Å². The van der Waals surface area contributed by atoms with Gasteiger partial charge in [0.25, 0.3) is 0 Å². The largest absolute Gasteiger partial charge is 0.488 e. The van der Waals surface area contributed by atoms with E-state index in [0.29, 0.717) is 12.2 Å². The highest BCUT2D eigenvalue weighted by molar-refractivity contribution is 9.11. The molecule has 0 heterocycles. The van der Waals surface area contributed by atoms with E-state index < -0.39 is 0 Å². The van der Waals surface area contributed by atoms with Crippen molar-refractivity contribution < 1.29 is 14.3 Å². The first-order valence-corrected chi connectivity index (χ1v) is 8.33. The molecule has 0 amide bonds. The standard InChI is InChI=1S/C15H11Br3O3/c1-20-15(19)9-2-3-10(12(17)6-9)8-21-14-5-4-11(16)7-13(14)18/h2-7H,8H2,1H3. The molecule has 2 aromatic rings. The van der Waals surface area contributed by atoms with E-state index in [-0.39, 0.29) is 5.97 Å². The quantitative estimate of drug-likeness (QED) is 0.556. The van der Waals surface area contributed by atoms with E-state index in [0.717, 1.165) is 24.7 Å². The van der Waals surface area contributed by atoms with Crippen LogP contribution in [0, 0.1) is 0 Å². The number of halogens is 3. The van der Waals surface area contributed by atoms with Crippen molar-refractivity contribution in [2.75, 3.05) is 7.11 Å². The monoisotopic (exact) mass is 476 g/mol. The van der Waals surface area contributed by atoms with Crippen LogP contribution in [-0.2, 0) is 11.3 Å². The van der Waals surface area contributed by atoms with Crippen LogP contribution in [0.2, 0.25) is 0 Å². The van der Waals surface area contributed by atoms with Crippen molar-refractivity contribution in [1.82, 2.24) is 0 Å². The minimum Gasteiger partial charge on any atom is -0.488 e. The highest BCUT2D eigenvalue weighted by Crippen LogP contribution is 2.29. The molecule has 0 aliphatic rings. The van der Waals surface area contributed by atoms with Gasteiger partial charge in [0, 0.05) is 14.5 Å². The van der Waals surface area contributed by atoms with Crippen LogP contribution in [-0.4, -0.2) is 13.1 Å². The van der Waals surface area contributed by atoms with Crippen molar-refractivity contribution in [2.24, 2.45) is 0 Å². The van der Waals surface area contributed by atoms with Gasteiger partial charge in [-0.2, -0.15) is 0 Å². The highest BCUT2D eigenvalue weighted by Gasteiger charge is 2.09. The first-order chi connectivity index (χ1) is 10.0. The van der Waals surface area contributed by atoms with E-state index in [1.54, 1.807) is 12.1 Å². The maximum absolute atomic E-state index is 11.4. The zero-order valence-corrected chi connectivity index (χ0v) is 15.8. The van der Waals surface area contributed by atoms with Crippen LogP contribution in [0.1, 0.15) is 15.9 Å². The van der Waals surface area contributed by atoms with Crippen LogP contribution in [0.25, 0.3) is 0 Å². The number of carbonyl (C=O) groups is 1. The zero-order chi connectivity index (χ0) is 15.4. The maximum atomic E-state index is 11.4. The topological polar surface area (TPSA) is 35.5 Å². The number of esters is 1. The summed E-state index contributed by atoms with van der Waals surface area (Å²) >= 11 is 10.3. The van der Waals surface area contributed by atoms with Gasteiger partial charge in [0.1, 0.15) is 12.4 Å². The van der Waals surface area contributed by atoms with E-state index in [2.05, 4.69) is 52.5 Å². The number of hydrogen-bond acceptors (Lipinski definition) is 3. The van der Waals surface area contributed by atoms with Crippen molar-refractivity contribution in [1.29, 1.82) is 0 Å². The van der Waals surface area contributed by atoms with Gasteiger partial charge < -0.3 is 9.47 Å². The molecule has 110 valence electrons. The van der Waals surface area contributed by atoms with Crippen molar-refractivity contribution in [3.8, 4) is 5.75 Å². The first-order valence-electron chi connectivity index (χ1n) is 5.96. The van der Waals surface area contributed by atoms with E-state index >= 15 is 0 Å². The molecule has 0 bridgehead atoms. The molecule has 21 heavy (non-hydrogen) atoms. The molecule has 0 saturated heterocycles. The molecular formula is C15H11Br3O3. The molecule has 0 aliphatic carbocycles. The Morgan fingerprint density at radius 2 is 1.81 bits per heavy atom. The summed E-state index contributed by atoms with van der Waals surface area (Å²) in [6.45, 7) is 0.391. The number of methoxy groups -OCH3 is 1. The summed E-state index contributed by atoms with van der Waals surface area (Å²) < 4.78 is 13.1. The molecular weight excluding hydrogens is 468 g/mol. The summed E-state index contributed by atoms with van der Waals surface area (Å²) in [5, 5.41) is 0. The van der Waals surface area contributed by atoms with Crippen molar-refractivity contribution >= 4 is 53.8 Å². The molecule has 3 nitrogen and oxygen atoms in total. The van der Waals surface area contributed by atoms with Crippen molar-refractivity contribution in [2.45, 2.75) is 6.61 Å². The second-order valence-electron chi connectivity index (χ2n) is 4.16. The molecule has 0 atom stereocenters. The molecule has 0 aromatic heterocycles. The highest BCUT2D eigenvalue weighted by atomic mass is 79.9. The number of hydrogen-bond donors (Lipinski definition) is 0. The van der Waals surface area contributed by atoms with Gasteiger partial charge in [-0.05, 0) is 46.3 Å². The second kappa shape index (κ2) is 7.42. The van der Waals surface area contributed by atoms with Crippen LogP contribution >= 0.6 is 47.8 Å². The van der Waals surface area contributed by atoms with Crippen LogP contribution in [0.3, 0.4) is 0 Å². The van der Waals surface area contributed by atoms with Crippen LogP contribution in [0.5, 0.6) is 5.75 Å². The second-order valence-corrected chi connectivity index (χ2v) is 6.79. The van der Waals surface area contributed by atoms with Crippen LogP contribution in [0.15, 0.2) is 49.8 Å². The number of benzene rings is 2. The fourth-order valence-electron chi connectivity index (χ4n) is 1.66. The van der Waals surface area contributed by atoms with Gasteiger partial charge in [0.05, 0.1) is 17.1 Å². The summed E-state index contributed by atoms with van der Waals surface area (Å²) in [4.78, 5) is 11.4. The molecule has 0 radical (unpaired) electrons. The molecule has 0 spiro atoms. The number of carbonyl (C=O) groups excluding carboxylic acids is 1. The average molecular weight is 479 g/mol. The van der Waals surface area contributed by atoms with E-state index in [4.69, 9.17) is 4.74 Å². The van der Waals surface area contributed by atoms with Gasteiger partial charge in [-0.3, -0.25) is 0 Å². The van der Waals surface area contributed by atoms with Crippen molar-refractivity contribution in [3.05, 3.63) is 60.9 Å². The Bertz CT molecular complexity index is 671. The lowest BCUT2D eigenvalue weighted by molar-refractivity contribution is 0.0600. The summed E-state index contributed by atoms with van der Waals surface area (Å²) in [6, 6.07) is 11.0. The third kappa shape index (κ3) is 4.31. The summed E-state index contributed by atoms with van der Waals surface area (Å²) in [6.07, 6.45) is 0. The van der Waals surface area contributed by atoms with Gasteiger partial charge in [0.2, 0.25) is 0 Å². The Hall–Kier alpha value is -0.850. The van der Waals surface area contributed by atoms with Gasteiger partial charge in [-0.15, -0.1) is 0 Å². The van der Waals surface area contributed by atoms with Gasteiger partial charge >= 0.3 is 5.97 Å². The third-order valence-corrected chi connectivity index (χ3v) is 4.60. The minimum atomic E-state index is -0.362. The molecule has 0 fully saturated rings. The smallest absolute Gasteiger partial charge is 0.337 e. The van der Waals surface area contributed by atoms with Crippen molar-refractivity contribution in [3.63, 3.8) is 0 Å². The van der Waals surface area contributed by atoms with Crippen LogP contribution in [0.4, 0.5) is 0 Å². The van der Waals surface area contributed by atoms with E-state index in [1.807, 2.05) is 24.3 Å². The molecule has 0 saturated carbocycles. The Kier molecular flexibility index (Phi) is 5.84. The Morgan fingerprint density at radius 3 is 2.43 bits per heavy atom. The molecule has 6 heteroatoms. The fourth-order valence-corrected chi connectivity index (χ4v) is 3.31. The summed E-state index contributed by atoms with van der Waals surface area (Å²) in [5.41, 5.74) is 1.44. The first kappa shape index (κ1) is 16.5. The predicted octanol–water partition coefficient (Wildman–Crippen LogP) is 5.34. The molecule has 2 rings (SSSR count). The lowest BCUT2D eigenvalue weighted by atomic mass is 10.1. The summed E-state index contributed by atoms with van der Waals surface area (Å²) in [7, 11) is 1.36. The number of ether oxygens (including phenoxy) is 2. The van der Waals surface area contributed by atoms with Crippen LogP contribution < -0.4 is 4.74 Å². The lowest BCUT2D eigenvalue weighted by Crippen LogP contribution is -2.03. The lowest BCUT2D eigenvalue weighted by Gasteiger charge is -2.10. The van der Waals surface area contributed by atoms with Gasteiger partial charge in [0.15, 0.2) is 0 Å². The minimum absolute atomic E-state index is 0.362. The molecule has 0 unspecified atom stereocenters. The SMILES string of the molecule is COC(=O)c1ccc(COc2ccc(Br)cc2Br)c(Br)c1. The predicted molar refractivity (Wildman–Crippen MR) is 91.7 cm³/mol.